The lowest BCUT2D eigenvalue weighted by Crippen LogP contribution is -2.38. The second-order valence-electron chi connectivity index (χ2n) is 5.08. The Morgan fingerprint density at radius 2 is 1.67 bits per heavy atom. The van der Waals surface area contributed by atoms with Gasteiger partial charge in [-0.05, 0) is 32.8 Å². The first kappa shape index (κ1) is 15.2. The van der Waals surface area contributed by atoms with Crippen LogP contribution >= 0.6 is 0 Å². The molecule has 0 saturated heterocycles. The molecule has 0 aliphatic carbocycles. The van der Waals surface area contributed by atoms with Gasteiger partial charge in [0.25, 0.3) is 0 Å². The SMILES string of the molecule is CCC(N)C(C)S(=O)(=O)Cc1cc(C)cc(C)c1. The summed E-state index contributed by atoms with van der Waals surface area (Å²) in [6.45, 7) is 7.56. The molecule has 4 heteroatoms. The average molecular weight is 269 g/mol. The quantitative estimate of drug-likeness (QED) is 0.892. The highest BCUT2D eigenvalue weighted by atomic mass is 32.2. The molecule has 18 heavy (non-hydrogen) atoms. The summed E-state index contributed by atoms with van der Waals surface area (Å²) >= 11 is 0. The first-order valence-corrected chi connectivity index (χ1v) is 8.02. The molecule has 0 bridgehead atoms. The topological polar surface area (TPSA) is 60.2 Å². The largest absolute Gasteiger partial charge is 0.327 e. The molecule has 102 valence electrons. The number of sulfone groups is 1. The Kier molecular flexibility index (Phi) is 4.93. The molecule has 1 rings (SSSR count). The van der Waals surface area contributed by atoms with Crippen LogP contribution in [0.2, 0.25) is 0 Å². The minimum Gasteiger partial charge on any atom is -0.327 e. The van der Waals surface area contributed by atoms with Gasteiger partial charge >= 0.3 is 0 Å². The van der Waals surface area contributed by atoms with E-state index in [4.69, 9.17) is 5.73 Å². The lowest BCUT2D eigenvalue weighted by atomic mass is 10.1. The average Bonchev–Trinajstić information content (AvgIpc) is 2.24. The van der Waals surface area contributed by atoms with Gasteiger partial charge in [-0.1, -0.05) is 36.2 Å². The van der Waals surface area contributed by atoms with Crippen molar-refractivity contribution >= 4 is 9.84 Å². The van der Waals surface area contributed by atoms with Gasteiger partial charge in [-0.15, -0.1) is 0 Å². The molecular formula is C14H23NO2S. The van der Waals surface area contributed by atoms with E-state index < -0.39 is 15.1 Å². The zero-order chi connectivity index (χ0) is 13.9. The molecule has 2 atom stereocenters. The number of hydrogen-bond acceptors (Lipinski definition) is 3. The van der Waals surface area contributed by atoms with E-state index >= 15 is 0 Å². The molecular weight excluding hydrogens is 246 g/mol. The van der Waals surface area contributed by atoms with Crippen LogP contribution < -0.4 is 5.73 Å². The fraction of sp³-hybridized carbons (Fsp3) is 0.571. The Hall–Kier alpha value is -0.870. The van der Waals surface area contributed by atoms with Crippen LogP contribution in [0.3, 0.4) is 0 Å². The summed E-state index contributed by atoms with van der Waals surface area (Å²) < 4.78 is 24.5. The van der Waals surface area contributed by atoms with E-state index in [1.165, 1.54) is 0 Å². The van der Waals surface area contributed by atoms with Crippen molar-refractivity contribution in [2.45, 2.75) is 51.2 Å². The second kappa shape index (κ2) is 5.85. The maximum Gasteiger partial charge on any atom is 0.158 e. The van der Waals surface area contributed by atoms with Crippen LogP contribution in [0, 0.1) is 13.8 Å². The predicted octanol–water partition coefficient (Wildman–Crippen LogP) is 2.34. The van der Waals surface area contributed by atoms with Gasteiger partial charge in [0.2, 0.25) is 0 Å². The molecule has 1 aromatic rings. The first-order valence-electron chi connectivity index (χ1n) is 6.30. The third-order valence-electron chi connectivity index (χ3n) is 3.29. The van der Waals surface area contributed by atoms with Gasteiger partial charge in [-0.2, -0.15) is 0 Å². The van der Waals surface area contributed by atoms with Gasteiger partial charge < -0.3 is 5.73 Å². The van der Waals surface area contributed by atoms with E-state index in [0.717, 1.165) is 16.7 Å². The van der Waals surface area contributed by atoms with Crippen molar-refractivity contribution in [3.05, 3.63) is 34.9 Å². The molecule has 0 fully saturated rings. The number of aryl methyl sites for hydroxylation is 2. The van der Waals surface area contributed by atoms with Crippen LogP contribution in [-0.4, -0.2) is 19.7 Å². The molecule has 2 N–H and O–H groups in total. The molecule has 0 radical (unpaired) electrons. The van der Waals surface area contributed by atoms with E-state index in [1.54, 1.807) is 6.92 Å². The Morgan fingerprint density at radius 3 is 2.11 bits per heavy atom. The van der Waals surface area contributed by atoms with Crippen molar-refractivity contribution < 1.29 is 8.42 Å². The molecule has 0 aliphatic rings. The fourth-order valence-corrected chi connectivity index (χ4v) is 3.73. The summed E-state index contributed by atoms with van der Waals surface area (Å²) in [4.78, 5) is 0. The normalized spacial score (nSPS) is 15.4. The Labute approximate surface area is 110 Å². The molecule has 0 saturated carbocycles. The summed E-state index contributed by atoms with van der Waals surface area (Å²) in [5.41, 5.74) is 8.87. The third kappa shape index (κ3) is 3.82. The smallest absolute Gasteiger partial charge is 0.158 e. The molecule has 0 spiro atoms. The van der Waals surface area contributed by atoms with Crippen LogP contribution in [0.5, 0.6) is 0 Å². The summed E-state index contributed by atoms with van der Waals surface area (Å²) in [6, 6.07) is 5.60. The van der Waals surface area contributed by atoms with Crippen LogP contribution in [0.25, 0.3) is 0 Å². The summed E-state index contributed by atoms with van der Waals surface area (Å²) in [5.74, 6) is 0.0738. The predicted molar refractivity (Wildman–Crippen MR) is 76.3 cm³/mol. The standard InChI is InChI=1S/C14H23NO2S/c1-5-14(15)12(4)18(16,17)9-13-7-10(2)6-11(3)8-13/h6-8,12,14H,5,9,15H2,1-4H3. The molecule has 0 aromatic heterocycles. The maximum absolute atomic E-state index is 12.2. The fourth-order valence-electron chi connectivity index (χ4n) is 2.11. The molecule has 1 aromatic carbocycles. The van der Waals surface area contributed by atoms with Crippen molar-refractivity contribution in [2.24, 2.45) is 5.73 Å². The third-order valence-corrected chi connectivity index (χ3v) is 5.51. The van der Waals surface area contributed by atoms with Gasteiger partial charge in [0.05, 0.1) is 11.0 Å². The van der Waals surface area contributed by atoms with E-state index in [2.05, 4.69) is 0 Å². The van der Waals surface area contributed by atoms with Gasteiger partial charge in [-0.3, -0.25) is 0 Å². The van der Waals surface area contributed by atoms with E-state index in [-0.39, 0.29) is 11.8 Å². The summed E-state index contributed by atoms with van der Waals surface area (Å²) in [5, 5.41) is -0.497. The van der Waals surface area contributed by atoms with Gasteiger partial charge in [-0.25, -0.2) is 8.42 Å². The van der Waals surface area contributed by atoms with Crippen LogP contribution in [0.4, 0.5) is 0 Å². The minimum atomic E-state index is -3.18. The summed E-state index contributed by atoms with van der Waals surface area (Å²) in [6.07, 6.45) is 0.674. The van der Waals surface area contributed by atoms with E-state index in [9.17, 15) is 8.42 Å². The highest BCUT2D eigenvalue weighted by Crippen LogP contribution is 2.17. The zero-order valence-corrected chi connectivity index (χ0v) is 12.4. The van der Waals surface area contributed by atoms with Crippen molar-refractivity contribution in [1.82, 2.24) is 0 Å². The Balaban J connectivity index is 2.95. The molecule has 2 unspecified atom stereocenters. The molecule has 0 heterocycles. The summed E-state index contributed by atoms with van der Waals surface area (Å²) in [7, 11) is -3.18. The Morgan fingerprint density at radius 1 is 1.17 bits per heavy atom. The first-order chi connectivity index (χ1) is 8.26. The monoisotopic (exact) mass is 269 g/mol. The van der Waals surface area contributed by atoms with Crippen molar-refractivity contribution in [3.63, 3.8) is 0 Å². The van der Waals surface area contributed by atoms with Gasteiger partial charge in [0.1, 0.15) is 0 Å². The van der Waals surface area contributed by atoms with Gasteiger partial charge in [0, 0.05) is 6.04 Å². The Bertz CT molecular complexity index is 488. The van der Waals surface area contributed by atoms with Crippen molar-refractivity contribution in [2.75, 3.05) is 0 Å². The molecule has 0 amide bonds. The van der Waals surface area contributed by atoms with Crippen LogP contribution in [-0.2, 0) is 15.6 Å². The van der Waals surface area contributed by atoms with Crippen LogP contribution in [0.1, 0.15) is 37.0 Å². The minimum absolute atomic E-state index is 0.0738. The van der Waals surface area contributed by atoms with Crippen molar-refractivity contribution in [3.8, 4) is 0 Å². The van der Waals surface area contributed by atoms with Crippen LogP contribution in [0.15, 0.2) is 18.2 Å². The molecule has 3 nitrogen and oxygen atoms in total. The van der Waals surface area contributed by atoms with Crippen molar-refractivity contribution in [1.29, 1.82) is 0 Å². The number of nitrogens with two attached hydrogens (primary N) is 1. The number of rotatable bonds is 5. The number of hydrogen-bond donors (Lipinski definition) is 1. The highest BCUT2D eigenvalue weighted by molar-refractivity contribution is 7.91. The lowest BCUT2D eigenvalue weighted by molar-refractivity contribution is 0.551. The van der Waals surface area contributed by atoms with E-state index in [0.29, 0.717) is 6.42 Å². The zero-order valence-electron chi connectivity index (χ0n) is 11.6. The molecule has 0 aliphatic heterocycles. The highest BCUT2D eigenvalue weighted by Gasteiger charge is 2.26. The maximum atomic E-state index is 12.2. The second-order valence-corrected chi connectivity index (χ2v) is 7.44. The van der Waals surface area contributed by atoms with Gasteiger partial charge in [0.15, 0.2) is 9.84 Å². The lowest BCUT2D eigenvalue weighted by Gasteiger charge is -2.19. The number of benzene rings is 1. The van der Waals surface area contributed by atoms with E-state index in [1.807, 2.05) is 39.0 Å².